The van der Waals surface area contributed by atoms with E-state index in [0.717, 1.165) is 4.90 Å². The van der Waals surface area contributed by atoms with Crippen molar-refractivity contribution >= 4 is 11.8 Å². The minimum Gasteiger partial charge on any atom is -0.508 e. The monoisotopic (exact) mass is 236 g/mol. The van der Waals surface area contributed by atoms with Gasteiger partial charge < -0.3 is 5.11 Å². The van der Waals surface area contributed by atoms with Crippen molar-refractivity contribution in [3.05, 3.63) is 24.3 Å². The highest BCUT2D eigenvalue weighted by Gasteiger charge is 2.25. The fraction of sp³-hybridized carbons (Fsp3) is 0.400. The van der Waals surface area contributed by atoms with Crippen LogP contribution >= 0.6 is 11.8 Å². The average Bonchev–Trinajstić information content (AvgIpc) is 2.11. The Morgan fingerprint density at radius 2 is 2.00 bits per heavy atom. The first-order valence-corrected chi connectivity index (χ1v) is 5.44. The lowest BCUT2D eigenvalue weighted by Gasteiger charge is -2.05. The summed E-state index contributed by atoms with van der Waals surface area (Å²) in [7, 11) is 0. The van der Waals surface area contributed by atoms with Crippen LogP contribution in [0.1, 0.15) is 12.8 Å². The van der Waals surface area contributed by atoms with Crippen molar-refractivity contribution in [2.45, 2.75) is 23.9 Å². The predicted molar refractivity (Wildman–Crippen MR) is 54.1 cm³/mol. The van der Waals surface area contributed by atoms with Crippen LogP contribution in [-0.2, 0) is 0 Å². The van der Waals surface area contributed by atoms with Gasteiger partial charge in [0.25, 0.3) is 0 Å². The molecule has 15 heavy (non-hydrogen) atoms. The molecule has 1 aromatic carbocycles. The van der Waals surface area contributed by atoms with E-state index in [0.29, 0.717) is 5.75 Å². The summed E-state index contributed by atoms with van der Waals surface area (Å²) in [6.45, 7) is 0. The van der Waals surface area contributed by atoms with Crippen LogP contribution in [0.2, 0.25) is 0 Å². The molecular formula is C10H11F3OS. The minimum atomic E-state index is -4.07. The van der Waals surface area contributed by atoms with E-state index in [1.54, 1.807) is 12.1 Å². The van der Waals surface area contributed by atoms with E-state index in [4.69, 9.17) is 5.11 Å². The molecule has 0 aliphatic rings. The maximum atomic E-state index is 11.8. The lowest BCUT2D eigenvalue weighted by Crippen LogP contribution is -2.06. The van der Waals surface area contributed by atoms with Crippen molar-refractivity contribution in [3.8, 4) is 5.75 Å². The number of rotatable bonds is 4. The van der Waals surface area contributed by atoms with Gasteiger partial charge in [0.2, 0.25) is 0 Å². The Kier molecular flexibility index (Phi) is 4.32. The number of alkyl halides is 3. The fourth-order valence-electron chi connectivity index (χ4n) is 1.04. The van der Waals surface area contributed by atoms with E-state index < -0.39 is 12.6 Å². The summed E-state index contributed by atoms with van der Waals surface area (Å²) in [4.78, 5) is 0.789. The van der Waals surface area contributed by atoms with Crippen LogP contribution in [0.4, 0.5) is 13.2 Å². The Bertz CT molecular complexity index is 312. The molecule has 1 aromatic rings. The zero-order chi connectivity index (χ0) is 11.3. The lowest BCUT2D eigenvalue weighted by molar-refractivity contribution is -0.134. The Labute approximate surface area is 90.3 Å². The third-order valence-corrected chi connectivity index (χ3v) is 2.77. The van der Waals surface area contributed by atoms with Gasteiger partial charge in [0.05, 0.1) is 0 Å². The van der Waals surface area contributed by atoms with Gasteiger partial charge in [-0.05, 0) is 30.4 Å². The van der Waals surface area contributed by atoms with Crippen LogP contribution in [-0.4, -0.2) is 17.0 Å². The Balaban J connectivity index is 2.26. The topological polar surface area (TPSA) is 20.2 Å². The summed E-state index contributed by atoms with van der Waals surface area (Å²) < 4.78 is 35.4. The largest absolute Gasteiger partial charge is 0.508 e. The van der Waals surface area contributed by atoms with Gasteiger partial charge >= 0.3 is 6.18 Å². The van der Waals surface area contributed by atoms with E-state index in [-0.39, 0.29) is 12.2 Å². The standard InChI is InChI=1S/C10H11F3OS/c11-10(12,13)5-2-6-15-9-4-1-3-8(14)7-9/h1,3-4,7,14H,2,5-6H2. The SMILES string of the molecule is Oc1cccc(SCCCC(F)(F)F)c1. The van der Waals surface area contributed by atoms with E-state index >= 15 is 0 Å². The fourth-order valence-corrected chi connectivity index (χ4v) is 1.94. The second kappa shape index (κ2) is 5.30. The Morgan fingerprint density at radius 3 is 2.60 bits per heavy atom. The molecule has 1 rings (SSSR count). The maximum Gasteiger partial charge on any atom is 0.389 e. The summed E-state index contributed by atoms with van der Waals surface area (Å²) in [6.07, 6.45) is -4.72. The summed E-state index contributed by atoms with van der Waals surface area (Å²) >= 11 is 1.32. The van der Waals surface area contributed by atoms with Crippen molar-refractivity contribution in [3.63, 3.8) is 0 Å². The highest BCUT2D eigenvalue weighted by atomic mass is 32.2. The summed E-state index contributed by atoms with van der Waals surface area (Å²) in [6, 6.07) is 6.50. The second-order valence-corrected chi connectivity index (χ2v) is 4.23. The normalized spacial score (nSPS) is 11.7. The Morgan fingerprint density at radius 1 is 1.27 bits per heavy atom. The van der Waals surface area contributed by atoms with E-state index in [9.17, 15) is 13.2 Å². The van der Waals surface area contributed by atoms with Crippen LogP contribution < -0.4 is 0 Å². The number of benzene rings is 1. The molecular weight excluding hydrogens is 225 g/mol. The van der Waals surface area contributed by atoms with E-state index in [2.05, 4.69) is 0 Å². The number of thioether (sulfide) groups is 1. The maximum absolute atomic E-state index is 11.8. The van der Waals surface area contributed by atoms with Crippen molar-refractivity contribution < 1.29 is 18.3 Å². The van der Waals surface area contributed by atoms with Gasteiger partial charge in [-0.2, -0.15) is 13.2 Å². The zero-order valence-corrected chi connectivity index (χ0v) is 8.74. The molecule has 1 nitrogen and oxygen atoms in total. The van der Waals surface area contributed by atoms with Crippen molar-refractivity contribution in [2.75, 3.05) is 5.75 Å². The summed E-state index contributed by atoms with van der Waals surface area (Å²) in [5.41, 5.74) is 0. The van der Waals surface area contributed by atoms with Crippen LogP contribution in [0.5, 0.6) is 5.75 Å². The van der Waals surface area contributed by atoms with Crippen LogP contribution in [0, 0.1) is 0 Å². The highest BCUT2D eigenvalue weighted by Crippen LogP contribution is 2.26. The molecule has 0 amide bonds. The van der Waals surface area contributed by atoms with Crippen molar-refractivity contribution in [1.29, 1.82) is 0 Å². The van der Waals surface area contributed by atoms with Gasteiger partial charge in [0, 0.05) is 11.3 Å². The van der Waals surface area contributed by atoms with E-state index in [1.165, 1.54) is 23.9 Å². The molecule has 0 aliphatic carbocycles. The number of phenols is 1. The number of hydrogen-bond donors (Lipinski definition) is 1. The molecule has 0 unspecified atom stereocenters. The smallest absolute Gasteiger partial charge is 0.389 e. The van der Waals surface area contributed by atoms with Crippen molar-refractivity contribution in [2.24, 2.45) is 0 Å². The van der Waals surface area contributed by atoms with Crippen LogP contribution in [0.3, 0.4) is 0 Å². The molecule has 0 aliphatic heterocycles. The third-order valence-electron chi connectivity index (χ3n) is 1.69. The minimum absolute atomic E-state index is 0.101. The quantitative estimate of drug-likeness (QED) is 0.633. The zero-order valence-electron chi connectivity index (χ0n) is 7.92. The van der Waals surface area contributed by atoms with Crippen LogP contribution in [0.15, 0.2) is 29.2 Å². The van der Waals surface area contributed by atoms with Gasteiger partial charge in [-0.1, -0.05) is 6.07 Å². The molecule has 0 saturated carbocycles. The van der Waals surface area contributed by atoms with Gasteiger partial charge in [0.1, 0.15) is 5.75 Å². The first kappa shape index (κ1) is 12.2. The first-order chi connectivity index (χ1) is 6.97. The molecule has 1 N–H and O–H groups in total. The predicted octanol–water partition coefficient (Wildman–Crippen LogP) is 3.83. The molecule has 0 fully saturated rings. The molecule has 0 saturated heterocycles. The number of halogens is 3. The van der Waals surface area contributed by atoms with Gasteiger partial charge in [0.15, 0.2) is 0 Å². The second-order valence-electron chi connectivity index (χ2n) is 3.06. The average molecular weight is 236 g/mol. The summed E-state index contributed by atoms with van der Waals surface area (Å²) in [5, 5.41) is 9.11. The highest BCUT2D eigenvalue weighted by molar-refractivity contribution is 7.99. The molecule has 0 bridgehead atoms. The Hall–Kier alpha value is -0.840. The van der Waals surface area contributed by atoms with Crippen LogP contribution in [0.25, 0.3) is 0 Å². The van der Waals surface area contributed by atoms with Gasteiger partial charge in [-0.15, -0.1) is 11.8 Å². The molecule has 84 valence electrons. The molecule has 0 radical (unpaired) electrons. The van der Waals surface area contributed by atoms with Gasteiger partial charge in [-0.3, -0.25) is 0 Å². The van der Waals surface area contributed by atoms with Crippen molar-refractivity contribution in [1.82, 2.24) is 0 Å². The third kappa shape index (κ3) is 5.57. The number of phenolic OH excluding ortho intramolecular Hbond substituents is 1. The van der Waals surface area contributed by atoms with Gasteiger partial charge in [-0.25, -0.2) is 0 Å². The number of aromatic hydroxyl groups is 1. The molecule has 0 aromatic heterocycles. The number of hydrogen-bond acceptors (Lipinski definition) is 2. The molecule has 0 atom stereocenters. The molecule has 0 heterocycles. The summed E-state index contributed by atoms with van der Waals surface area (Å²) in [5.74, 6) is 0.541. The first-order valence-electron chi connectivity index (χ1n) is 4.46. The lowest BCUT2D eigenvalue weighted by atomic mass is 10.3. The molecule has 0 spiro atoms. The van der Waals surface area contributed by atoms with E-state index in [1.807, 2.05) is 0 Å². The molecule has 5 heteroatoms.